The van der Waals surface area contributed by atoms with E-state index in [0.717, 1.165) is 106 Å². The molecule has 77 heavy (non-hydrogen) atoms. The van der Waals surface area contributed by atoms with Gasteiger partial charge in [0.25, 0.3) is 0 Å². The predicted molar refractivity (Wildman–Crippen MR) is 316 cm³/mol. The molecule has 0 aliphatic rings. The van der Waals surface area contributed by atoms with Crippen molar-refractivity contribution in [1.29, 1.82) is 0 Å². The third-order valence-electron chi connectivity index (χ3n) is 14.3. The smallest absolute Gasteiger partial charge is 0.216 e. The number of fused-ring (bicyclic) bond motifs is 9. The number of aryl methyl sites for hydroxylation is 1. The van der Waals surface area contributed by atoms with Crippen LogP contribution in [0.5, 0.6) is 0 Å². The molecule has 0 saturated heterocycles. The number of rotatable bonds is 9. The third-order valence-corrected chi connectivity index (χ3v) is 18.6. The first-order valence-corrected chi connectivity index (χ1v) is 33.4. The molecule has 0 saturated carbocycles. The molecule has 13 rings (SSSR count). The van der Waals surface area contributed by atoms with E-state index >= 15 is 0 Å². The fourth-order valence-corrected chi connectivity index (χ4v) is 14.1. The third kappa shape index (κ3) is 9.85. The van der Waals surface area contributed by atoms with Gasteiger partial charge in [-0.1, -0.05) is 132 Å². The van der Waals surface area contributed by atoms with Crippen molar-refractivity contribution in [3.05, 3.63) is 236 Å². The average molecular weight is 1240 g/mol. The second kappa shape index (κ2) is 21.3. The maximum atomic E-state index is 14.4. The van der Waals surface area contributed by atoms with Gasteiger partial charge in [-0.05, 0) is 52.6 Å². The number of halogens is 1. The van der Waals surface area contributed by atoms with Gasteiger partial charge >= 0.3 is 165 Å². The van der Waals surface area contributed by atoms with Crippen LogP contribution in [0, 0.1) is 30.8 Å². The quantitative estimate of drug-likeness (QED) is 0.0821. The van der Waals surface area contributed by atoms with Crippen molar-refractivity contribution in [3.63, 3.8) is 0 Å². The summed E-state index contributed by atoms with van der Waals surface area (Å²) in [4.78, 5) is 15.0. The van der Waals surface area contributed by atoms with Crippen molar-refractivity contribution in [2.45, 2.75) is 44.5 Å². The van der Waals surface area contributed by atoms with Crippen LogP contribution < -0.4 is 4.40 Å². The van der Waals surface area contributed by atoms with Gasteiger partial charge in [0.2, 0.25) is 5.71 Å². The zero-order chi connectivity index (χ0) is 52.1. The van der Waals surface area contributed by atoms with Crippen LogP contribution in [0.4, 0.5) is 4.39 Å². The van der Waals surface area contributed by atoms with Crippen LogP contribution in [-0.2, 0) is 26.5 Å². The Balaban J connectivity index is 0.000000192. The van der Waals surface area contributed by atoms with Crippen LogP contribution in [0.2, 0.25) is 17.3 Å². The molecule has 379 valence electrons. The van der Waals surface area contributed by atoms with Crippen molar-refractivity contribution in [3.8, 4) is 61.7 Å². The van der Waals surface area contributed by atoms with Crippen LogP contribution in [0.25, 0.3) is 116 Å². The molecule has 0 N–H and O–H groups in total. The molecular formula is C69H55FGeIrN4O-2. The summed E-state index contributed by atoms with van der Waals surface area (Å²) in [5.74, 6) is 8.29. The van der Waals surface area contributed by atoms with Gasteiger partial charge in [0.1, 0.15) is 0 Å². The van der Waals surface area contributed by atoms with Crippen molar-refractivity contribution in [2.24, 2.45) is 5.92 Å². The molecule has 13 aromatic rings. The molecule has 0 bridgehead atoms. The van der Waals surface area contributed by atoms with Crippen molar-refractivity contribution < 1.29 is 28.9 Å². The molecule has 1 radical (unpaired) electrons. The number of hydrogen-bond donors (Lipinski definition) is 0. The van der Waals surface area contributed by atoms with E-state index in [9.17, 15) is 4.39 Å². The number of benzene rings is 9. The molecule has 4 aromatic heterocycles. The molecule has 0 atom stereocenters. The molecule has 0 amide bonds. The van der Waals surface area contributed by atoms with Gasteiger partial charge in [-0.2, -0.15) is 0 Å². The van der Waals surface area contributed by atoms with Gasteiger partial charge in [0, 0.05) is 53.2 Å². The standard InChI is InChI=1S/C45H28N3O.C24H27FGeN.Ir/c1-28-23-25-38-37-21-12-22-39(43(37)49-45(38)46-28)44-47-41-35-19-10-8-17-33(35)34-18-9-11-20-36(34)42(41)48(44)40-27-31(29-13-4-2-5-14-29)24-26-32(40)30-15-6-3-7-16-30;1-17(2)13-20-15-24(27-16-23(20)26(3,4)5)19-11-12-22(25)21(14-19)18-9-7-6-8-10-18;/h2-21,23-27H,1H3;6-10,12,14-17H,13H2,1-5H3;/q2*-1;. The minimum Gasteiger partial charge on any atom is -0.486 e. The van der Waals surface area contributed by atoms with Gasteiger partial charge in [0.15, 0.2) is 0 Å². The Labute approximate surface area is 465 Å². The summed E-state index contributed by atoms with van der Waals surface area (Å²) >= 11 is -2.00. The Morgan fingerprint density at radius 1 is 0.597 bits per heavy atom. The SMILES string of the molecule is CC(C)Cc1cc(-c2[c-]cc(F)c(-c3ccccc3)c2)nc[c]1[Ge]([CH3])([CH3])[CH3].Cc1ccc2c(n1)oc1c(-c3nc4c5ccccc5c5ccccc5c4n3-c3cc(-c4ccccc4)ccc3-c3ccccc3)[c-]ccc12.[Ir]. The second-order valence-electron chi connectivity index (χ2n) is 21.1. The molecule has 0 spiro atoms. The fourth-order valence-electron chi connectivity index (χ4n) is 10.8. The van der Waals surface area contributed by atoms with E-state index in [-0.39, 0.29) is 25.9 Å². The van der Waals surface area contributed by atoms with Gasteiger partial charge in [-0.3, -0.25) is 4.98 Å². The number of aromatic nitrogens is 4. The van der Waals surface area contributed by atoms with Gasteiger partial charge in [0.05, 0.1) is 22.4 Å². The van der Waals surface area contributed by atoms with E-state index in [1.807, 2.05) is 55.5 Å². The summed E-state index contributed by atoms with van der Waals surface area (Å²) in [6.45, 7) is 6.48. The molecule has 9 aromatic carbocycles. The van der Waals surface area contributed by atoms with Gasteiger partial charge in [-0.25, -0.2) is 4.98 Å². The van der Waals surface area contributed by atoms with Crippen LogP contribution in [0.1, 0.15) is 25.1 Å². The first-order valence-electron chi connectivity index (χ1n) is 26.0. The Kier molecular flexibility index (Phi) is 14.2. The molecule has 5 nitrogen and oxygen atoms in total. The number of imidazole rings is 1. The van der Waals surface area contributed by atoms with Crippen LogP contribution in [0.3, 0.4) is 0 Å². The van der Waals surface area contributed by atoms with Gasteiger partial charge < -0.3 is 8.98 Å². The Bertz CT molecular complexity index is 4300. The zero-order valence-electron chi connectivity index (χ0n) is 43.8. The van der Waals surface area contributed by atoms with E-state index in [2.05, 4.69) is 200 Å². The van der Waals surface area contributed by atoms with Crippen LogP contribution >= 0.6 is 0 Å². The molecule has 0 aliphatic carbocycles. The summed E-state index contributed by atoms with van der Waals surface area (Å²) in [5.41, 5.74) is 15.1. The fraction of sp³-hybridized carbons (Fsp3) is 0.116. The molecule has 0 aliphatic heterocycles. The molecule has 0 fully saturated rings. The minimum absolute atomic E-state index is 0. The topological polar surface area (TPSA) is 56.7 Å². The van der Waals surface area contributed by atoms with E-state index in [4.69, 9.17) is 19.4 Å². The minimum atomic E-state index is -2.00. The summed E-state index contributed by atoms with van der Waals surface area (Å²) in [6.07, 6.45) is 3.10. The molecule has 8 heteroatoms. The summed E-state index contributed by atoms with van der Waals surface area (Å²) < 4.78 is 24.8. The average Bonchev–Trinajstić information content (AvgIpc) is 4.27. The van der Waals surface area contributed by atoms with Gasteiger partial charge in [-0.15, -0.1) is 18.2 Å². The first-order chi connectivity index (χ1) is 37.0. The second-order valence-corrected chi connectivity index (χ2v) is 31.6. The van der Waals surface area contributed by atoms with Crippen molar-refractivity contribution in [2.75, 3.05) is 0 Å². The number of pyridine rings is 2. The molecular weight excluding hydrogens is 1180 g/mol. The van der Waals surface area contributed by atoms with Crippen molar-refractivity contribution >= 4 is 72.3 Å². The van der Waals surface area contributed by atoms with E-state index < -0.39 is 13.3 Å². The van der Waals surface area contributed by atoms with Crippen LogP contribution in [0.15, 0.2) is 211 Å². The number of hydrogen-bond acceptors (Lipinski definition) is 4. The summed E-state index contributed by atoms with van der Waals surface area (Å²) in [5, 5.41) is 6.56. The maximum Gasteiger partial charge on any atom is 0.216 e. The Morgan fingerprint density at radius 3 is 1.90 bits per heavy atom. The monoisotopic (exact) mass is 1240 g/mol. The maximum absolute atomic E-state index is 14.4. The number of furan rings is 1. The largest absolute Gasteiger partial charge is 0.486 e. The number of nitrogens with zero attached hydrogens (tertiary/aromatic N) is 4. The summed E-state index contributed by atoms with van der Waals surface area (Å²) in [6, 6.07) is 75.1. The van der Waals surface area contributed by atoms with E-state index in [0.29, 0.717) is 17.2 Å². The van der Waals surface area contributed by atoms with E-state index in [1.54, 1.807) is 0 Å². The summed E-state index contributed by atoms with van der Waals surface area (Å²) in [7, 11) is 0. The van der Waals surface area contributed by atoms with Crippen molar-refractivity contribution in [1.82, 2.24) is 19.5 Å². The van der Waals surface area contributed by atoms with Crippen LogP contribution in [-0.4, -0.2) is 32.8 Å². The predicted octanol–water partition coefficient (Wildman–Crippen LogP) is 17.8. The Morgan fingerprint density at radius 2 is 1.22 bits per heavy atom. The Hall–Kier alpha value is -7.81. The molecule has 0 unspecified atom stereocenters. The van der Waals surface area contributed by atoms with E-state index in [1.165, 1.54) is 26.8 Å². The first kappa shape index (κ1) is 51.3. The zero-order valence-corrected chi connectivity index (χ0v) is 48.3. The molecule has 4 heterocycles. The normalized spacial score (nSPS) is 11.6.